The maximum Gasteiger partial charge on any atom is 0.135 e. The summed E-state index contributed by atoms with van der Waals surface area (Å²) in [5.41, 5.74) is 6.99. The highest BCUT2D eigenvalue weighted by molar-refractivity contribution is 9.10. The summed E-state index contributed by atoms with van der Waals surface area (Å²) < 4.78 is 2.26. The van der Waals surface area contributed by atoms with Crippen LogP contribution in [0.5, 0.6) is 5.75 Å². The Kier molecular flexibility index (Phi) is 1.47. The van der Waals surface area contributed by atoms with E-state index in [1.165, 1.54) is 10.7 Å². The zero-order valence-corrected chi connectivity index (χ0v) is 7.62. The number of nitrogens with zero attached hydrogens (tertiary/aromatic N) is 2. The third-order valence-corrected chi connectivity index (χ3v) is 2.18. The molecule has 4 nitrogen and oxygen atoms in total. The van der Waals surface area contributed by atoms with Crippen molar-refractivity contribution in [3.8, 4) is 5.75 Å². The van der Waals surface area contributed by atoms with Crippen LogP contribution in [-0.2, 0) is 0 Å². The molecule has 0 aromatic carbocycles. The van der Waals surface area contributed by atoms with Gasteiger partial charge in [-0.2, -0.15) is 5.10 Å². The molecule has 12 heavy (non-hydrogen) atoms. The van der Waals surface area contributed by atoms with Gasteiger partial charge in [-0.25, -0.2) is 4.52 Å². The van der Waals surface area contributed by atoms with Crippen LogP contribution in [0.3, 0.4) is 0 Å². The van der Waals surface area contributed by atoms with Crippen LogP contribution in [0.2, 0.25) is 0 Å². The minimum absolute atomic E-state index is 0.150. The third-order valence-electron chi connectivity index (χ3n) is 1.58. The summed E-state index contributed by atoms with van der Waals surface area (Å²) >= 11 is 3.28. The molecular weight excluding hydrogens is 222 g/mol. The van der Waals surface area contributed by atoms with Crippen LogP contribution in [-0.4, -0.2) is 14.7 Å². The van der Waals surface area contributed by atoms with Crippen molar-refractivity contribution < 1.29 is 5.11 Å². The quantitative estimate of drug-likeness (QED) is 0.715. The molecule has 0 aliphatic carbocycles. The molecule has 0 aliphatic rings. The third kappa shape index (κ3) is 0.937. The first-order chi connectivity index (χ1) is 5.68. The number of anilines is 1. The van der Waals surface area contributed by atoms with E-state index in [2.05, 4.69) is 21.0 Å². The van der Waals surface area contributed by atoms with E-state index in [1.807, 2.05) is 0 Å². The van der Waals surface area contributed by atoms with Crippen LogP contribution in [0.15, 0.2) is 22.9 Å². The van der Waals surface area contributed by atoms with E-state index in [9.17, 15) is 5.11 Å². The molecule has 0 atom stereocenters. The van der Waals surface area contributed by atoms with Gasteiger partial charge in [0.1, 0.15) is 11.3 Å². The van der Waals surface area contributed by atoms with Crippen molar-refractivity contribution >= 4 is 27.1 Å². The molecule has 0 unspecified atom stereocenters. The van der Waals surface area contributed by atoms with Gasteiger partial charge in [-0.15, -0.1) is 0 Å². The van der Waals surface area contributed by atoms with Gasteiger partial charge < -0.3 is 10.8 Å². The molecule has 62 valence electrons. The van der Waals surface area contributed by atoms with Crippen LogP contribution in [0.1, 0.15) is 0 Å². The molecule has 2 aromatic rings. The maximum atomic E-state index is 9.19. The lowest BCUT2D eigenvalue weighted by molar-refractivity contribution is 0.470. The first-order valence-corrected chi connectivity index (χ1v) is 4.09. The maximum absolute atomic E-state index is 9.19. The number of nitrogen functional groups attached to an aromatic ring is 1. The van der Waals surface area contributed by atoms with Gasteiger partial charge in [0.2, 0.25) is 0 Å². The van der Waals surface area contributed by atoms with Crippen molar-refractivity contribution in [2.24, 2.45) is 0 Å². The molecule has 0 spiro atoms. The number of aromatic nitrogens is 2. The van der Waals surface area contributed by atoms with E-state index in [1.54, 1.807) is 12.3 Å². The topological polar surface area (TPSA) is 63.5 Å². The van der Waals surface area contributed by atoms with Crippen molar-refractivity contribution in [1.82, 2.24) is 9.61 Å². The summed E-state index contributed by atoms with van der Waals surface area (Å²) in [5.74, 6) is 0.150. The second-order valence-corrected chi connectivity index (χ2v) is 3.29. The molecule has 5 heteroatoms. The minimum Gasteiger partial charge on any atom is -0.506 e. The molecular formula is C7H6BrN3O. The lowest BCUT2D eigenvalue weighted by Gasteiger charge is -1.98. The van der Waals surface area contributed by atoms with E-state index in [0.717, 1.165) is 9.99 Å². The van der Waals surface area contributed by atoms with E-state index < -0.39 is 0 Å². The van der Waals surface area contributed by atoms with Crippen molar-refractivity contribution in [1.29, 1.82) is 0 Å². The van der Waals surface area contributed by atoms with Crippen molar-refractivity contribution in [2.45, 2.75) is 0 Å². The van der Waals surface area contributed by atoms with Crippen LogP contribution in [0, 0.1) is 0 Å². The van der Waals surface area contributed by atoms with Crippen molar-refractivity contribution in [2.75, 3.05) is 5.73 Å². The summed E-state index contributed by atoms with van der Waals surface area (Å²) in [6, 6.07) is 1.58. The smallest absolute Gasteiger partial charge is 0.135 e. The zero-order valence-electron chi connectivity index (χ0n) is 6.03. The summed E-state index contributed by atoms with van der Waals surface area (Å²) in [4.78, 5) is 0. The highest BCUT2D eigenvalue weighted by Gasteiger charge is 2.05. The van der Waals surface area contributed by atoms with E-state index >= 15 is 0 Å². The molecule has 0 amide bonds. The summed E-state index contributed by atoms with van der Waals surface area (Å²) in [6.45, 7) is 0. The average Bonchev–Trinajstić information content (AvgIpc) is 2.31. The van der Waals surface area contributed by atoms with Crippen LogP contribution in [0.25, 0.3) is 5.52 Å². The Balaban J connectivity index is 2.93. The van der Waals surface area contributed by atoms with Crippen molar-refractivity contribution in [3.05, 3.63) is 22.9 Å². The van der Waals surface area contributed by atoms with E-state index in [4.69, 9.17) is 5.73 Å². The van der Waals surface area contributed by atoms with Gasteiger partial charge in [-0.05, 0) is 22.0 Å². The van der Waals surface area contributed by atoms with Gasteiger partial charge >= 0.3 is 0 Å². The zero-order chi connectivity index (χ0) is 8.72. The molecule has 0 bridgehead atoms. The molecule has 0 saturated carbocycles. The molecule has 3 N–H and O–H groups in total. The van der Waals surface area contributed by atoms with Crippen LogP contribution >= 0.6 is 15.9 Å². The van der Waals surface area contributed by atoms with Gasteiger partial charge in [0.05, 0.1) is 18.1 Å². The Morgan fingerprint density at radius 3 is 3.08 bits per heavy atom. The van der Waals surface area contributed by atoms with E-state index in [-0.39, 0.29) is 5.75 Å². The van der Waals surface area contributed by atoms with Gasteiger partial charge in [0.15, 0.2) is 0 Å². The second kappa shape index (κ2) is 2.38. The predicted molar refractivity (Wildman–Crippen MR) is 49.0 cm³/mol. The molecule has 2 heterocycles. The molecule has 0 radical (unpaired) electrons. The fourth-order valence-corrected chi connectivity index (χ4v) is 1.73. The Bertz CT molecular complexity index is 437. The lowest BCUT2D eigenvalue weighted by Crippen LogP contribution is -1.88. The molecule has 0 fully saturated rings. The van der Waals surface area contributed by atoms with Crippen LogP contribution in [0.4, 0.5) is 5.69 Å². The van der Waals surface area contributed by atoms with Gasteiger partial charge in [-0.1, -0.05) is 0 Å². The molecule has 2 rings (SSSR count). The van der Waals surface area contributed by atoms with Crippen LogP contribution < -0.4 is 5.73 Å². The highest BCUT2D eigenvalue weighted by atomic mass is 79.9. The van der Waals surface area contributed by atoms with Crippen molar-refractivity contribution in [3.63, 3.8) is 0 Å². The lowest BCUT2D eigenvalue weighted by atomic mass is 10.3. The van der Waals surface area contributed by atoms with Gasteiger partial charge in [0.25, 0.3) is 0 Å². The fraction of sp³-hybridized carbons (Fsp3) is 0. The standard InChI is InChI=1S/C7H6BrN3O/c8-5-1-4(12)3-11-7(5)6(9)2-10-11/h1-3,12H,9H2. The predicted octanol–water partition coefficient (Wildman–Crippen LogP) is 1.38. The Labute approximate surface area is 76.7 Å². The number of pyridine rings is 1. The Hall–Kier alpha value is -1.23. The first kappa shape index (κ1) is 7.42. The number of rotatable bonds is 0. The Morgan fingerprint density at radius 2 is 2.33 bits per heavy atom. The summed E-state index contributed by atoms with van der Waals surface area (Å²) in [6.07, 6.45) is 3.04. The number of halogens is 1. The summed E-state index contributed by atoms with van der Waals surface area (Å²) in [5, 5.41) is 13.1. The number of fused-ring (bicyclic) bond motifs is 1. The number of hydrogen-bond acceptors (Lipinski definition) is 3. The number of hydrogen-bond donors (Lipinski definition) is 2. The Morgan fingerprint density at radius 1 is 1.58 bits per heavy atom. The minimum atomic E-state index is 0.150. The average molecular weight is 228 g/mol. The fourth-order valence-electron chi connectivity index (χ4n) is 1.08. The summed E-state index contributed by atoms with van der Waals surface area (Å²) in [7, 11) is 0. The number of aromatic hydroxyl groups is 1. The normalized spacial score (nSPS) is 10.8. The van der Waals surface area contributed by atoms with E-state index in [0.29, 0.717) is 5.69 Å². The first-order valence-electron chi connectivity index (χ1n) is 3.30. The second-order valence-electron chi connectivity index (χ2n) is 2.44. The molecule has 0 aliphatic heterocycles. The SMILES string of the molecule is Nc1cnn2cc(O)cc(Br)c12. The molecule has 2 aromatic heterocycles. The largest absolute Gasteiger partial charge is 0.506 e. The monoisotopic (exact) mass is 227 g/mol. The van der Waals surface area contributed by atoms with Gasteiger partial charge in [0, 0.05) is 4.47 Å². The molecule has 0 saturated heterocycles. The van der Waals surface area contributed by atoms with Gasteiger partial charge in [-0.3, -0.25) is 0 Å². The number of nitrogens with two attached hydrogens (primary N) is 1. The highest BCUT2D eigenvalue weighted by Crippen LogP contribution is 2.26.